The Balaban J connectivity index is 2.76. The molecule has 38 valence electrons. The highest BCUT2D eigenvalue weighted by atomic mass is 79.9. The van der Waals surface area contributed by atoms with E-state index in [4.69, 9.17) is 0 Å². The van der Waals surface area contributed by atoms with Crippen LogP contribution in [0.2, 0.25) is 0 Å². The van der Waals surface area contributed by atoms with Crippen LogP contribution in [0.25, 0.3) is 0 Å². The third-order valence-electron chi connectivity index (χ3n) is 0.603. The van der Waals surface area contributed by atoms with E-state index in [1.54, 1.807) is 6.20 Å². The van der Waals surface area contributed by atoms with Gasteiger partial charge in [0.15, 0.2) is 0 Å². The zero-order valence-corrected chi connectivity index (χ0v) is 5.07. The van der Waals surface area contributed by atoms with E-state index < -0.39 is 0 Å². The molecule has 0 unspecified atom stereocenters. The average Bonchev–Trinajstić information content (AvgIpc) is 2.14. The van der Waals surface area contributed by atoms with E-state index >= 15 is 0 Å². The molecule has 4 heteroatoms. The number of hydrogen-bond acceptors (Lipinski definition) is 2. The predicted octanol–water partition coefficient (Wildman–Crippen LogP) is 1.13. The average molecular weight is 162 g/mol. The van der Waals surface area contributed by atoms with Gasteiger partial charge in [0.25, 0.3) is 0 Å². The number of rotatable bonds is 1. The summed E-state index contributed by atoms with van der Waals surface area (Å²) < 4.78 is 2.70. The highest BCUT2D eigenvalue weighted by molar-refractivity contribution is 9.10. The maximum atomic E-state index is 3.68. The number of H-pyrrole nitrogens is 1. The molecule has 1 aromatic heterocycles. The number of nitrogens with zero attached hydrogens (tertiary/aromatic N) is 1. The van der Waals surface area contributed by atoms with Gasteiger partial charge in [0.05, 0.1) is 6.20 Å². The molecule has 3 nitrogen and oxygen atoms in total. The smallest absolute Gasteiger partial charge is 0.131 e. The number of hydrogen-bond donors (Lipinski definition) is 2. The van der Waals surface area contributed by atoms with Crippen LogP contribution in [0, 0.1) is 0 Å². The highest BCUT2D eigenvalue weighted by Crippen LogP contribution is 1.98. The summed E-state index contributed by atoms with van der Waals surface area (Å²) in [6.45, 7) is 0. The fraction of sp³-hybridized carbons (Fsp3) is 0. The first-order chi connectivity index (χ1) is 3.43. The Bertz CT molecular complexity index is 125. The molecule has 0 fully saturated rings. The van der Waals surface area contributed by atoms with Crippen LogP contribution in [-0.4, -0.2) is 10.2 Å². The Hall–Kier alpha value is -0.510. The summed E-state index contributed by atoms with van der Waals surface area (Å²) in [6.07, 6.45) is 1.67. The van der Waals surface area contributed by atoms with Gasteiger partial charge in [0.2, 0.25) is 0 Å². The van der Waals surface area contributed by atoms with Crippen molar-refractivity contribution < 1.29 is 0 Å². The summed E-state index contributed by atoms with van der Waals surface area (Å²) in [5, 5.41) is 6.35. The quantitative estimate of drug-likeness (QED) is 0.607. The van der Waals surface area contributed by atoms with Crippen LogP contribution >= 0.6 is 16.1 Å². The monoisotopic (exact) mass is 161 g/mol. The van der Waals surface area contributed by atoms with E-state index in [2.05, 4.69) is 30.7 Å². The van der Waals surface area contributed by atoms with Gasteiger partial charge in [0, 0.05) is 22.2 Å². The zero-order chi connectivity index (χ0) is 5.11. The lowest BCUT2D eigenvalue weighted by Gasteiger charge is -1.83. The van der Waals surface area contributed by atoms with Crippen LogP contribution in [-0.2, 0) is 0 Å². The largest absolute Gasteiger partial charge is 0.307 e. The first-order valence-electron chi connectivity index (χ1n) is 1.79. The Morgan fingerprint density at radius 1 is 1.86 bits per heavy atom. The first kappa shape index (κ1) is 4.64. The molecule has 0 spiro atoms. The highest BCUT2D eigenvalue weighted by Gasteiger charge is 1.81. The molecule has 0 radical (unpaired) electrons. The molecule has 2 N–H and O–H groups in total. The molecule has 0 aliphatic heterocycles. The van der Waals surface area contributed by atoms with E-state index in [9.17, 15) is 0 Å². The summed E-state index contributed by atoms with van der Waals surface area (Å²) in [6, 6.07) is 1.81. The number of aromatic nitrogens is 2. The molecule has 0 aromatic carbocycles. The number of nitrogens with one attached hydrogen (secondary N) is 2. The van der Waals surface area contributed by atoms with Crippen LogP contribution in [0.5, 0.6) is 0 Å². The van der Waals surface area contributed by atoms with E-state index in [0.29, 0.717) is 0 Å². The summed E-state index contributed by atoms with van der Waals surface area (Å²) in [4.78, 5) is 0. The lowest BCUT2D eigenvalue weighted by atomic mass is 10.7. The SMILES string of the molecule is BrNc1ccn[nH]1. The molecule has 0 saturated heterocycles. The van der Waals surface area contributed by atoms with Gasteiger partial charge in [-0.2, -0.15) is 5.10 Å². The summed E-state index contributed by atoms with van der Waals surface area (Å²) in [5.74, 6) is 0.861. The summed E-state index contributed by atoms with van der Waals surface area (Å²) in [7, 11) is 0. The second-order valence-electron chi connectivity index (χ2n) is 1.06. The Kier molecular flexibility index (Phi) is 1.31. The van der Waals surface area contributed by atoms with Crippen molar-refractivity contribution in [2.45, 2.75) is 0 Å². The third-order valence-corrected chi connectivity index (χ3v) is 1.03. The maximum absolute atomic E-state index is 3.68. The van der Waals surface area contributed by atoms with Crippen molar-refractivity contribution in [2.24, 2.45) is 0 Å². The molecule has 7 heavy (non-hydrogen) atoms. The number of anilines is 1. The molecule has 0 bridgehead atoms. The molecule has 1 rings (SSSR count). The standard InChI is InChI=1S/C3H4BrN3/c4-6-3-1-2-5-7-3/h1-2H,(H2,5,6,7). The summed E-state index contributed by atoms with van der Waals surface area (Å²) in [5.41, 5.74) is 0. The van der Waals surface area contributed by atoms with E-state index in [1.165, 1.54) is 0 Å². The first-order valence-corrected chi connectivity index (χ1v) is 2.59. The van der Waals surface area contributed by atoms with Gasteiger partial charge in [0.1, 0.15) is 5.82 Å². The van der Waals surface area contributed by atoms with Crippen molar-refractivity contribution in [3.05, 3.63) is 12.3 Å². The van der Waals surface area contributed by atoms with Gasteiger partial charge in [-0.25, -0.2) is 0 Å². The fourth-order valence-corrected chi connectivity index (χ4v) is 0.529. The minimum atomic E-state index is 0.861. The van der Waals surface area contributed by atoms with Crippen LogP contribution in [0.4, 0.5) is 5.82 Å². The van der Waals surface area contributed by atoms with Gasteiger partial charge in [-0.3, -0.25) is 5.10 Å². The minimum Gasteiger partial charge on any atom is -0.307 e. The Morgan fingerprint density at radius 3 is 3.00 bits per heavy atom. The van der Waals surface area contributed by atoms with Crippen molar-refractivity contribution in [1.29, 1.82) is 0 Å². The predicted molar refractivity (Wildman–Crippen MR) is 31.1 cm³/mol. The maximum Gasteiger partial charge on any atom is 0.131 e. The van der Waals surface area contributed by atoms with E-state index in [-0.39, 0.29) is 0 Å². The topological polar surface area (TPSA) is 40.7 Å². The molecule has 1 heterocycles. The van der Waals surface area contributed by atoms with Crippen molar-refractivity contribution in [3.63, 3.8) is 0 Å². The fourth-order valence-electron chi connectivity index (χ4n) is 0.309. The van der Waals surface area contributed by atoms with Gasteiger partial charge in [-0.05, 0) is 0 Å². The Labute approximate surface area is 49.5 Å². The molecule has 0 aliphatic rings. The van der Waals surface area contributed by atoms with Crippen LogP contribution in [0.3, 0.4) is 0 Å². The van der Waals surface area contributed by atoms with Crippen molar-refractivity contribution in [1.82, 2.24) is 10.2 Å². The lowest BCUT2D eigenvalue weighted by Crippen LogP contribution is -1.75. The van der Waals surface area contributed by atoms with Crippen molar-refractivity contribution in [3.8, 4) is 0 Å². The van der Waals surface area contributed by atoms with Gasteiger partial charge >= 0.3 is 0 Å². The molecule has 0 amide bonds. The van der Waals surface area contributed by atoms with E-state index in [1.807, 2.05) is 6.07 Å². The molecule has 0 atom stereocenters. The van der Waals surface area contributed by atoms with Crippen LogP contribution < -0.4 is 4.34 Å². The van der Waals surface area contributed by atoms with Gasteiger partial charge in [-0.1, -0.05) is 0 Å². The molecule has 1 aromatic rings. The van der Waals surface area contributed by atoms with E-state index in [0.717, 1.165) is 5.82 Å². The van der Waals surface area contributed by atoms with Crippen molar-refractivity contribution >= 4 is 22.0 Å². The lowest BCUT2D eigenvalue weighted by molar-refractivity contribution is 1.10. The zero-order valence-electron chi connectivity index (χ0n) is 3.48. The second-order valence-corrected chi connectivity index (χ2v) is 1.46. The second kappa shape index (κ2) is 1.97. The number of halogens is 1. The normalized spacial score (nSPS) is 8.71. The molecule has 0 aliphatic carbocycles. The Morgan fingerprint density at radius 2 is 2.71 bits per heavy atom. The van der Waals surface area contributed by atoms with Gasteiger partial charge in [-0.15, -0.1) is 0 Å². The van der Waals surface area contributed by atoms with Crippen LogP contribution in [0.15, 0.2) is 12.3 Å². The summed E-state index contributed by atoms with van der Waals surface area (Å²) >= 11 is 3.02. The third kappa shape index (κ3) is 0.928. The molecular formula is C3H4BrN3. The minimum absolute atomic E-state index is 0.861. The van der Waals surface area contributed by atoms with Gasteiger partial charge < -0.3 is 4.34 Å². The molecule has 0 saturated carbocycles. The number of aromatic amines is 1. The molecular weight excluding hydrogens is 158 g/mol. The van der Waals surface area contributed by atoms with Crippen LogP contribution in [0.1, 0.15) is 0 Å². The van der Waals surface area contributed by atoms with Crippen molar-refractivity contribution in [2.75, 3.05) is 4.34 Å².